The van der Waals surface area contributed by atoms with E-state index in [0.29, 0.717) is 35.5 Å². The Labute approximate surface area is 450 Å². The quantitative estimate of drug-likeness (QED) is 0.159. The number of carbonyl (C=O) groups excluding carboxylic acids is 8. The molecule has 7 rings (SSSR count). The molecule has 0 aliphatic carbocycles. The van der Waals surface area contributed by atoms with Crippen LogP contribution in [0, 0.1) is 10.8 Å². The number of fused-ring (bicyclic) bond motifs is 2. The third-order valence-electron chi connectivity index (χ3n) is 15.5. The molecule has 24 heteroatoms. The van der Waals surface area contributed by atoms with Crippen LogP contribution in [0.25, 0.3) is 0 Å². The third kappa shape index (κ3) is 12.0. The number of benzene rings is 2. The minimum Gasteiger partial charge on any atom is -0.465 e. The summed E-state index contributed by atoms with van der Waals surface area (Å²) in [5.74, 6) is -3.32. The molecule has 5 heterocycles. The highest BCUT2D eigenvalue weighted by molar-refractivity contribution is 8.00. The van der Waals surface area contributed by atoms with Gasteiger partial charge in [-0.15, -0.1) is 23.5 Å². The second-order valence-corrected chi connectivity index (χ2v) is 24.1. The Morgan fingerprint density at radius 2 is 0.908 bits per heavy atom. The van der Waals surface area contributed by atoms with Gasteiger partial charge in [0, 0.05) is 40.3 Å². The number of rotatable bonds is 14. The zero-order valence-corrected chi connectivity index (χ0v) is 45.7. The molecule has 2 aromatic carbocycles. The average Bonchev–Trinajstić information content (AvgIpc) is 3.71. The average molecular weight is 1090 g/mol. The lowest BCUT2D eigenvalue weighted by molar-refractivity contribution is -0.147. The molecule has 10 amide bonds. The first-order valence-corrected chi connectivity index (χ1v) is 27.6. The number of hydrogen-bond acceptors (Lipinski definition) is 12. The highest BCUT2D eigenvalue weighted by Gasteiger charge is 2.57. The molecule has 5 fully saturated rings. The van der Waals surface area contributed by atoms with Crippen molar-refractivity contribution in [1.82, 2.24) is 50.7 Å². The maximum Gasteiger partial charge on any atom is 0.407 e. The van der Waals surface area contributed by atoms with Crippen molar-refractivity contribution < 1.29 is 58.2 Å². The Morgan fingerprint density at radius 3 is 1.22 bits per heavy atom. The molecule has 76 heavy (non-hydrogen) atoms. The largest absolute Gasteiger partial charge is 0.465 e. The van der Waals surface area contributed by atoms with Crippen molar-refractivity contribution in [3.8, 4) is 0 Å². The lowest BCUT2D eigenvalue weighted by atomic mass is 9.83. The van der Waals surface area contributed by atoms with Gasteiger partial charge in [0.15, 0.2) is 0 Å². The fourth-order valence-electron chi connectivity index (χ4n) is 10.8. The van der Waals surface area contributed by atoms with E-state index < -0.39 is 129 Å². The summed E-state index contributed by atoms with van der Waals surface area (Å²) >= 11 is 2.98. The Morgan fingerprint density at radius 1 is 0.579 bits per heavy atom. The van der Waals surface area contributed by atoms with Gasteiger partial charge in [0.05, 0.1) is 10.7 Å². The van der Waals surface area contributed by atoms with E-state index >= 15 is 0 Å². The van der Waals surface area contributed by atoms with Crippen molar-refractivity contribution >= 4 is 83.0 Å². The summed E-state index contributed by atoms with van der Waals surface area (Å²) in [6, 6.07) is 8.69. The number of likely N-dealkylation sites (N-methyl/N-ethyl adjacent to an activating group) is 2. The summed E-state index contributed by atoms with van der Waals surface area (Å²) in [5, 5.41) is 29.5. The van der Waals surface area contributed by atoms with Crippen LogP contribution >= 0.6 is 23.5 Å². The van der Waals surface area contributed by atoms with E-state index in [-0.39, 0.29) is 39.0 Å². The van der Waals surface area contributed by atoms with Crippen molar-refractivity contribution in [2.45, 2.75) is 126 Å². The Hall–Kier alpha value is -6.56. The lowest BCUT2D eigenvalue weighted by Gasteiger charge is -2.39. The molecule has 412 valence electrons. The van der Waals surface area contributed by atoms with Crippen molar-refractivity contribution in [2.75, 3.05) is 51.8 Å². The van der Waals surface area contributed by atoms with Crippen molar-refractivity contribution in [3.05, 3.63) is 71.8 Å². The summed E-state index contributed by atoms with van der Waals surface area (Å²) < 4.78 is 0. The zero-order chi connectivity index (χ0) is 55.6. The van der Waals surface area contributed by atoms with E-state index in [0.717, 1.165) is 9.80 Å². The normalized spacial score (nSPS) is 25.5. The van der Waals surface area contributed by atoms with Crippen molar-refractivity contribution in [2.24, 2.45) is 10.8 Å². The van der Waals surface area contributed by atoms with Gasteiger partial charge in [-0.1, -0.05) is 88.4 Å². The van der Waals surface area contributed by atoms with Gasteiger partial charge in [-0.25, -0.2) is 9.59 Å². The number of hydrogen-bond donors (Lipinski definition) is 6. The first-order valence-electron chi connectivity index (χ1n) is 25.5. The molecule has 0 aromatic heterocycles. The molecule has 6 N–H and O–H groups in total. The van der Waals surface area contributed by atoms with Crippen LogP contribution in [0.4, 0.5) is 9.59 Å². The van der Waals surface area contributed by atoms with Crippen LogP contribution < -0.4 is 21.3 Å². The minimum absolute atomic E-state index is 0.0686. The third-order valence-corrected chi connectivity index (χ3v) is 18.0. The predicted molar refractivity (Wildman–Crippen MR) is 282 cm³/mol. The van der Waals surface area contributed by atoms with Crippen molar-refractivity contribution in [3.63, 3.8) is 0 Å². The molecule has 0 spiro atoms. The van der Waals surface area contributed by atoms with Gasteiger partial charge in [0.1, 0.15) is 48.3 Å². The summed E-state index contributed by atoms with van der Waals surface area (Å²) in [4.78, 5) is 145. The fourth-order valence-corrected chi connectivity index (χ4v) is 13.9. The van der Waals surface area contributed by atoms with E-state index in [9.17, 15) is 58.2 Å². The molecule has 4 unspecified atom stereocenters. The number of thioether (sulfide) groups is 2. The molecule has 5 aliphatic heterocycles. The van der Waals surface area contributed by atoms with E-state index in [4.69, 9.17) is 0 Å². The van der Waals surface area contributed by atoms with Crippen LogP contribution in [0.5, 0.6) is 0 Å². The predicted octanol–water partition coefficient (Wildman–Crippen LogP) is 2.52. The molecule has 0 radical (unpaired) electrons. The molecule has 22 nitrogen and oxygen atoms in total. The smallest absolute Gasteiger partial charge is 0.407 e. The van der Waals surface area contributed by atoms with Gasteiger partial charge < -0.3 is 51.1 Å². The highest BCUT2D eigenvalue weighted by Crippen LogP contribution is 2.48. The molecule has 5 aliphatic rings. The monoisotopic (exact) mass is 1090 g/mol. The molecule has 10 atom stereocenters. The van der Waals surface area contributed by atoms with E-state index in [1.54, 1.807) is 70.5 Å². The van der Waals surface area contributed by atoms with E-state index in [2.05, 4.69) is 21.3 Å². The van der Waals surface area contributed by atoms with Gasteiger partial charge in [-0.05, 0) is 73.0 Å². The second kappa shape index (κ2) is 23.4. The number of amides is 10. The SMILES string of the molecule is CC(C(=O)N[C@H]1CCS[C@H]2CC(C)(C)[C@@H](C(=O)NC(C(=O)N3CCN(C(=O)C(NC(=O)[C@H]4N5C(=O)[C@@H](NC(=O)C(C)N(C)C(=O)O)CCS[C@H]5CC4(C)C)c4ccccc4)CC3)c3ccccc3)N2C1=O)N(C)C(=O)O. The molecule has 0 saturated carbocycles. The van der Waals surface area contributed by atoms with Crippen LogP contribution in [-0.4, -0.2) is 198 Å². The lowest BCUT2D eigenvalue weighted by Crippen LogP contribution is -2.60. The van der Waals surface area contributed by atoms with Gasteiger partial charge in [-0.2, -0.15) is 0 Å². The van der Waals surface area contributed by atoms with Crippen LogP contribution in [0.3, 0.4) is 0 Å². The minimum atomic E-state index is -1.31. The first-order chi connectivity index (χ1) is 35.8. The van der Waals surface area contributed by atoms with Gasteiger partial charge in [0.25, 0.3) is 0 Å². The van der Waals surface area contributed by atoms with Crippen molar-refractivity contribution in [1.29, 1.82) is 0 Å². The molecule has 0 bridgehead atoms. The Bertz CT molecular complexity index is 2390. The maximum absolute atomic E-state index is 14.8. The summed E-state index contributed by atoms with van der Waals surface area (Å²) in [6.07, 6.45) is -1.19. The Kier molecular flexibility index (Phi) is 17.6. The second-order valence-electron chi connectivity index (χ2n) is 21.5. The fraction of sp³-hybridized carbons (Fsp3) is 0.577. The van der Waals surface area contributed by atoms with Gasteiger partial charge >= 0.3 is 12.2 Å². The Balaban J connectivity index is 1.06. The summed E-state index contributed by atoms with van der Waals surface area (Å²) in [5.41, 5.74) is -0.550. The van der Waals surface area contributed by atoms with Gasteiger partial charge in [0.2, 0.25) is 47.3 Å². The molecule has 5 saturated heterocycles. The number of carboxylic acid groups (broad SMARTS) is 2. The molecule has 2 aromatic rings. The van der Waals surface area contributed by atoms with E-state index in [1.807, 2.05) is 27.7 Å². The number of nitrogens with zero attached hydrogens (tertiary/aromatic N) is 6. The number of piperazine rings is 1. The zero-order valence-electron chi connectivity index (χ0n) is 44.1. The molecular formula is C52H70N10O12S2. The topological polar surface area (TPSA) is 279 Å². The first kappa shape index (κ1) is 57.2. The van der Waals surface area contributed by atoms with Crippen LogP contribution in [0.15, 0.2) is 60.7 Å². The van der Waals surface area contributed by atoms with E-state index in [1.165, 1.54) is 61.3 Å². The van der Waals surface area contributed by atoms with Crippen LogP contribution in [0.2, 0.25) is 0 Å². The van der Waals surface area contributed by atoms with Crippen LogP contribution in [0.1, 0.15) is 90.4 Å². The maximum atomic E-state index is 14.8. The van der Waals surface area contributed by atoms with Gasteiger partial charge in [-0.3, -0.25) is 48.2 Å². The standard InChI is InChI=1S/C52H70N10O12S2/c1-29(57(7)49(71)72)41(63)53-33-19-25-75-35-27-51(3,4)39(61(35)45(33)67)43(65)55-37(31-15-11-9-12-16-31)47(69)59-21-23-60(24-22-59)48(70)38(32-17-13-10-14-18-32)56-44(66)40-52(5,6)28-36-62(40)46(68)34(20-26-76-36)54-42(64)30(2)58(8)50(73)74/h9-18,29-30,33-40H,19-28H2,1-8H3,(H,53,63)(H,54,64)(H,55,65)(H,56,66)(H,71,72)(H,73,74)/t29?,30?,33-,34-,35-,36-,37?,38?,39+,40+/m0/s1. The number of nitrogens with one attached hydrogen (secondary N) is 4. The molecular weight excluding hydrogens is 1020 g/mol. The summed E-state index contributed by atoms with van der Waals surface area (Å²) in [7, 11) is 2.52. The summed E-state index contributed by atoms with van der Waals surface area (Å²) in [6.45, 7) is 10.6. The van der Waals surface area contributed by atoms with Crippen LogP contribution in [-0.2, 0) is 38.4 Å². The number of carbonyl (C=O) groups is 10. The highest BCUT2D eigenvalue weighted by atomic mass is 32.2.